The molecule has 37 heavy (non-hydrogen) atoms. The number of anilines is 1. The second-order valence-electron chi connectivity index (χ2n) is 8.59. The molecule has 1 aliphatic rings. The van der Waals surface area contributed by atoms with Gasteiger partial charge in [-0.25, -0.2) is 9.59 Å². The van der Waals surface area contributed by atoms with Crippen molar-refractivity contribution in [3.8, 4) is 6.07 Å². The number of carbonyl (C=O) groups excluding carboxylic acids is 2. The Balaban J connectivity index is 1.94. The molecule has 0 amide bonds. The number of rotatable bonds is 6. The number of allylic oxidation sites excluding steroid dienone is 1. The Labute approximate surface area is 215 Å². The predicted octanol–water partition coefficient (Wildman–Crippen LogP) is 3.45. The summed E-state index contributed by atoms with van der Waals surface area (Å²) < 4.78 is 12.0. The molecule has 1 aromatic heterocycles. The van der Waals surface area contributed by atoms with Crippen molar-refractivity contribution in [2.75, 3.05) is 19.1 Å². The first-order valence-electron chi connectivity index (χ1n) is 11.6. The molecular formula is C28H27N5O4. The molecule has 1 aliphatic heterocycles. The van der Waals surface area contributed by atoms with Crippen molar-refractivity contribution in [2.24, 2.45) is 5.73 Å². The summed E-state index contributed by atoms with van der Waals surface area (Å²) in [5.74, 6) is -2.45. The van der Waals surface area contributed by atoms with Gasteiger partial charge in [0.1, 0.15) is 11.5 Å². The number of methoxy groups -OCH3 is 2. The summed E-state index contributed by atoms with van der Waals surface area (Å²) in [4.78, 5) is 27.8. The van der Waals surface area contributed by atoms with Crippen LogP contribution in [0.3, 0.4) is 0 Å². The first-order valence-corrected chi connectivity index (χ1v) is 11.6. The Kier molecular flexibility index (Phi) is 7.11. The second kappa shape index (κ2) is 10.4. The summed E-state index contributed by atoms with van der Waals surface area (Å²) in [5, 5.41) is 14.7. The summed E-state index contributed by atoms with van der Waals surface area (Å²) in [6.45, 7) is 4.37. The van der Waals surface area contributed by atoms with Crippen LogP contribution in [0.4, 0.5) is 5.69 Å². The van der Waals surface area contributed by atoms with E-state index in [1.54, 1.807) is 30.3 Å². The molecule has 0 aliphatic carbocycles. The number of ether oxygens (including phenoxy) is 2. The highest BCUT2D eigenvalue weighted by atomic mass is 16.5. The molecule has 1 atom stereocenters. The van der Waals surface area contributed by atoms with E-state index in [4.69, 9.17) is 15.2 Å². The van der Waals surface area contributed by atoms with Crippen molar-refractivity contribution in [2.45, 2.75) is 26.3 Å². The third-order valence-electron chi connectivity index (χ3n) is 6.21. The number of aromatic nitrogens is 2. The van der Waals surface area contributed by atoms with E-state index in [0.717, 1.165) is 17.0 Å². The molecule has 0 bridgehead atoms. The van der Waals surface area contributed by atoms with Crippen molar-refractivity contribution >= 4 is 17.6 Å². The maximum Gasteiger partial charge on any atom is 0.355 e. The molecule has 3 aromatic rings. The van der Waals surface area contributed by atoms with E-state index in [0.29, 0.717) is 17.8 Å². The van der Waals surface area contributed by atoms with Gasteiger partial charge in [-0.15, -0.1) is 0 Å². The van der Waals surface area contributed by atoms with Crippen LogP contribution >= 0.6 is 0 Å². The molecule has 1 unspecified atom stereocenters. The van der Waals surface area contributed by atoms with Gasteiger partial charge in [0.15, 0.2) is 0 Å². The molecule has 0 saturated carbocycles. The smallest absolute Gasteiger partial charge is 0.355 e. The van der Waals surface area contributed by atoms with Gasteiger partial charge in [0.05, 0.1) is 49.6 Å². The first kappa shape index (κ1) is 25.3. The number of benzene rings is 2. The SMILES string of the molecule is COC(=O)C1=C(C(=O)OC)N(c2cccc(Cn3nc(C)cc3C)c2)C(N)=C(C#N)C1c1ccccc1. The zero-order chi connectivity index (χ0) is 26.7. The lowest BCUT2D eigenvalue weighted by molar-refractivity contribution is -0.139. The summed E-state index contributed by atoms with van der Waals surface area (Å²) in [6, 6.07) is 20.3. The van der Waals surface area contributed by atoms with Gasteiger partial charge in [-0.2, -0.15) is 10.4 Å². The number of hydrogen-bond acceptors (Lipinski definition) is 8. The predicted molar refractivity (Wildman–Crippen MR) is 137 cm³/mol. The van der Waals surface area contributed by atoms with Crippen molar-refractivity contribution < 1.29 is 19.1 Å². The van der Waals surface area contributed by atoms with E-state index in [1.165, 1.54) is 19.1 Å². The summed E-state index contributed by atoms with van der Waals surface area (Å²) in [6.07, 6.45) is 0. The molecule has 2 aromatic carbocycles. The Morgan fingerprint density at radius 2 is 1.73 bits per heavy atom. The van der Waals surface area contributed by atoms with Gasteiger partial charge in [-0.3, -0.25) is 9.58 Å². The number of carbonyl (C=O) groups is 2. The number of nitrogens with zero attached hydrogens (tertiary/aromatic N) is 4. The molecule has 2 heterocycles. The number of nitrogens with two attached hydrogens (primary N) is 1. The lowest BCUT2D eigenvalue weighted by Gasteiger charge is -2.36. The van der Waals surface area contributed by atoms with E-state index in [2.05, 4.69) is 11.2 Å². The number of hydrogen-bond donors (Lipinski definition) is 1. The van der Waals surface area contributed by atoms with Crippen molar-refractivity contribution in [3.63, 3.8) is 0 Å². The maximum atomic E-state index is 13.2. The Morgan fingerprint density at radius 3 is 2.32 bits per heavy atom. The van der Waals surface area contributed by atoms with Gasteiger partial charge in [0.25, 0.3) is 0 Å². The van der Waals surface area contributed by atoms with E-state index in [1.807, 2.05) is 48.9 Å². The zero-order valence-electron chi connectivity index (χ0n) is 21.1. The molecule has 4 rings (SSSR count). The topological polar surface area (TPSA) is 123 Å². The number of aryl methyl sites for hydroxylation is 2. The number of nitriles is 1. The van der Waals surface area contributed by atoms with Crippen LogP contribution < -0.4 is 10.6 Å². The Bertz CT molecular complexity index is 1460. The normalized spacial score (nSPS) is 15.4. The van der Waals surface area contributed by atoms with Crippen LogP contribution in [0.25, 0.3) is 0 Å². The monoisotopic (exact) mass is 497 g/mol. The van der Waals surface area contributed by atoms with E-state index < -0.39 is 17.9 Å². The van der Waals surface area contributed by atoms with Gasteiger partial charge >= 0.3 is 11.9 Å². The highest BCUT2D eigenvalue weighted by Gasteiger charge is 2.43. The molecule has 0 spiro atoms. The van der Waals surface area contributed by atoms with Crippen LogP contribution in [0.15, 0.2) is 83.3 Å². The number of esters is 2. The molecule has 188 valence electrons. The van der Waals surface area contributed by atoms with Crippen LogP contribution in [-0.4, -0.2) is 35.9 Å². The van der Waals surface area contributed by atoms with Crippen molar-refractivity contribution in [1.29, 1.82) is 5.26 Å². The lowest BCUT2D eigenvalue weighted by Crippen LogP contribution is -2.40. The standard InChI is InChI=1S/C28H27N5O4/c1-17-13-18(2)32(31-17)16-19-9-8-12-21(14-19)33-25(28(35)37-4)24(27(34)36-3)23(22(15-29)26(33)30)20-10-6-5-7-11-20/h5-14,23H,16,30H2,1-4H3. The van der Waals surface area contributed by atoms with Crippen molar-refractivity contribution in [3.05, 3.63) is 106 Å². The fraction of sp³-hybridized carbons (Fsp3) is 0.214. The summed E-state index contributed by atoms with van der Waals surface area (Å²) in [5.41, 5.74) is 10.4. The molecule has 0 fully saturated rings. The maximum absolute atomic E-state index is 13.2. The minimum Gasteiger partial charge on any atom is -0.466 e. The van der Waals surface area contributed by atoms with Gasteiger partial charge in [0, 0.05) is 11.4 Å². The average molecular weight is 498 g/mol. The molecule has 2 N–H and O–H groups in total. The zero-order valence-corrected chi connectivity index (χ0v) is 21.1. The van der Waals surface area contributed by atoms with E-state index in [9.17, 15) is 14.9 Å². The van der Waals surface area contributed by atoms with E-state index in [-0.39, 0.29) is 22.7 Å². The van der Waals surface area contributed by atoms with Crippen LogP contribution in [0.1, 0.15) is 28.4 Å². The Morgan fingerprint density at radius 1 is 1.03 bits per heavy atom. The van der Waals surface area contributed by atoms with Crippen LogP contribution in [-0.2, 0) is 25.6 Å². The van der Waals surface area contributed by atoms with Crippen LogP contribution in [0.5, 0.6) is 0 Å². The minimum absolute atomic E-state index is 0.0210. The van der Waals surface area contributed by atoms with Gasteiger partial charge in [-0.05, 0) is 43.2 Å². The summed E-state index contributed by atoms with van der Waals surface area (Å²) in [7, 11) is 2.44. The molecular weight excluding hydrogens is 470 g/mol. The first-order chi connectivity index (χ1) is 17.8. The highest BCUT2D eigenvalue weighted by Crippen LogP contribution is 2.43. The van der Waals surface area contributed by atoms with Crippen LogP contribution in [0, 0.1) is 25.2 Å². The fourth-order valence-corrected chi connectivity index (χ4v) is 4.58. The lowest BCUT2D eigenvalue weighted by atomic mass is 9.81. The second-order valence-corrected chi connectivity index (χ2v) is 8.59. The molecule has 0 radical (unpaired) electrons. The fourth-order valence-electron chi connectivity index (χ4n) is 4.58. The Hall–Kier alpha value is -4.84. The third-order valence-corrected chi connectivity index (χ3v) is 6.21. The minimum atomic E-state index is -0.915. The highest BCUT2D eigenvalue weighted by molar-refractivity contribution is 6.06. The quantitative estimate of drug-likeness (QED) is 0.514. The van der Waals surface area contributed by atoms with Gasteiger partial charge in [-0.1, -0.05) is 42.5 Å². The molecule has 9 heteroatoms. The average Bonchev–Trinajstić information content (AvgIpc) is 3.23. The largest absolute Gasteiger partial charge is 0.466 e. The third kappa shape index (κ3) is 4.69. The summed E-state index contributed by atoms with van der Waals surface area (Å²) >= 11 is 0. The van der Waals surface area contributed by atoms with Crippen molar-refractivity contribution in [1.82, 2.24) is 9.78 Å². The molecule has 0 saturated heterocycles. The molecule has 9 nitrogen and oxygen atoms in total. The van der Waals surface area contributed by atoms with Crippen LogP contribution in [0.2, 0.25) is 0 Å². The van der Waals surface area contributed by atoms with Gasteiger partial charge in [0.2, 0.25) is 0 Å². The van der Waals surface area contributed by atoms with E-state index >= 15 is 0 Å². The van der Waals surface area contributed by atoms with Gasteiger partial charge < -0.3 is 15.2 Å².